The van der Waals surface area contributed by atoms with Crippen LogP contribution in [0.2, 0.25) is 0 Å². The van der Waals surface area contributed by atoms with Gasteiger partial charge in [-0.25, -0.2) is 0 Å². The van der Waals surface area contributed by atoms with Crippen LogP contribution in [0, 0.1) is 0 Å². The molecular weight excluding hydrogens is 737 g/mol. The Bertz CT molecular complexity index is 3350. The Morgan fingerprint density at radius 3 is 1.85 bits per heavy atom. The first kappa shape index (κ1) is 34.7. The molecule has 2 nitrogen and oxygen atoms in total. The second-order valence-electron chi connectivity index (χ2n) is 17.4. The zero-order valence-corrected chi connectivity index (χ0v) is 34.1. The summed E-state index contributed by atoms with van der Waals surface area (Å²) in [6, 6.07) is 75.5. The highest BCUT2D eigenvalue weighted by Crippen LogP contribution is 2.64. The van der Waals surface area contributed by atoms with Crippen LogP contribution in [-0.2, 0) is 5.41 Å². The molecule has 13 rings (SSSR count). The maximum Gasteiger partial charge on any atom is 0.0729 e. The fourth-order valence-corrected chi connectivity index (χ4v) is 11.9. The van der Waals surface area contributed by atoms with Gasteiger partial charge in [0, 0.05) is 33.5 Å². The van der Waals surface area contributed by atoms with E-state index >= 15 is 0 Å². The van der Waals surface area contributed by atoms with Crippen molar-refractivity contribution in [3.63, 3.8) is 0 Å². The minimum Gasteiger partial charge on any atom is -0.310 e. The highest BCUT2D eigenvalue weighted by atomic mass is 15.1. The molecule has 1 aromatic heterocycles. The lowest BCUT2D eigenvalue weighted by Gasteiger charge is -2.43. The first-order valence-electron chi connectivity index (χ1n) is 22.1. The molecule has 2 heteroatoms. The third-order valence-corrected chi connectivity index (χ3v) is 14.3. The lowest BCUT2D eigenvalue weighted by Crippen LogP contribution is -2.34. The van der Waals surface area contributed by atoms with Gasteiger partial charge in [0.15, 0.2) is 0 Å². The molecule has 3 aliphatic rings. The first-order valence-corrected chi connectivity index (χ1v) is 22.1. The van der Waals surface area contributed by atoms with Gasteiger partial charge in [-0.05, 0) is 140 Å². The fourth-order valence-electron chi connectivity index (χ4n) is 11.9. The van der Waals surface area contributed by atoms with Crippen molar-refractivity contribution in [2.24, 2.45) is 0 Å². The molecule has 290 valence electrons. The molecule has 10 aromatic rings. The fraction of sp³-hybridized carbons (Fsp3) is 0.119. The van der Waals surface area contributed by atoms with Crippen molar-refractivity contribution >= 4 is 49.6 Å². The number of anilines is 3. The van der Waals surface area contributed by atoms with Crippen LogP contribution in [-0.4, -0.2) is 4.57 Å². The summed E-state index contributed by atoms with van der Waals surface area (Å²) in [7, 11) is 0. The predicted molar refractivity (Wildman–Crippen MR) is 255 cm³/mol. The number of rotatable bonds is 5. The van der Waals surface area contributed by atoms with E-state index in [4.69, 9.17) is 0 Å². The minimum absolute atomic E-state index is 0.491. The number of benzene rings is 9. The normalized spacial score (nSPS) is 16.5. The standard InChI is InChI=1S/C59H44N2/c1-4-17-39(18-5-1)45-34-31-40-19-16-27-50-47-25-11-14-29-53(47)59(58(45)57(40)50)52-28-13-10-24-46(52)48-35-32-44(38-54(48)59)60(41-20-6-2-7-21-41)43-33-36-56-51(37-43)49-26-12-15-30-55(49)61(56)42-22-8-3-9-23-42/h2-3,6-16,19-39H,1,4-5,17-18H2. The van der Waals surface area contributed by atoms with Crippen molar-refractivity contribution < 1.29 is 0 Å². The number of nitrogens with zero attached hydrogens (tertiary/aromatic N) is 2. The van der Waals surface area contributed by atoms with E-state index in [1.165, 1.54) is 115 Å². The van der Waals surface area contributed by atoms with Gasteiger partial charge in [-0.2, -0.15) is 0 Å². The lowest BCUT2D eigenvalue weighted by molar-refractivity contribution is 0.440. The summed E-state index contributed by atoms with van der Waals surface area (Å²) >= 11 is 0. The van der Waals surface area contributed by atoms with Gasteiger partial charge in [0.1, 0.15) is 0 Å². The zero-order valence-electron chi connectivity index (χ0n) is 34.1. The van der Waals surface area contributed by atoms with Gasteiger partial charge in [0.2, 0.25) is 0 Å². The van der Waals surface area contributed by atoms with Crippen LogP contribution in [0.1, 0.15) is 65.8 Å². The van der Waals surface area contributed by atoms with Crippen molar-refractivity contribution in [2.45, 2.75) is 43.4 Å². The maximum absolute atomic E-state index is 2.56. The molecule has 0 bridgehead atoms. The topological polar surface area (TPSA) is 8.17 Å². The summed E-state index contributed by atoms with van der Waals surface area (Å²) in [5, 5.41) is 5.25. The quantitative estimate of drug-likeness (QED) is 0.169. The molecule has 1 unspecified atom stereocenters. The summed E-state index contributed by atoms with van der Waals surface area (Å²) < 4.78 is 2.40. The van der Waals surface area contributed by atoms with Crippen molar-refractivity contribution in [2.75, 3.05) is 4.90 Å². The molecule has 9 aromatic carbocycles. The molecule has 1 heterocycles. The third kappa shape index (κ3) is 4.91. The number of fused-ring (bicyclic) bond motifs is 12. The van der Waals surface area contributed by atoms with E-state index in [9.17, 15) is 0 Å². The molecule has 1 fully saturated rings. The Morgan fingerprint density at radius 2 is 1.05 bits per heavy atom. The van der Waals surface area contributed by atoms with E-state index < -0.39 is 5.41 Å². The first-order chi connectivity index (χ1) is 30.3. The largest absolute Gasteiger partial charge is 0.310 e. The molecule has 1 atom stereocenters. The number of hydrogen-bond acceptors (Lipinski definition) is 1. The van der Waals surface area contributed by atoms with E-state index in [2.05, 4.69) is 210 Å². The Labute approximate surface area is 357 Å². The van der Waals surface area contributed by atoms with E-state index in [1.54, 1.807) is 5.56 Å². The summed E-state index contributed by atoms with van der Waals surface area (Å²) in [6.45, 7) is 0. The average molecular weight is 781 g/mol. The van der Waals surface area contributed by atoms with E-state index in [-0.39, 0.29) is 0 Å². The molecule has 1 spiro atoms. The smallest absolute Gasteiger partial charge is 0.0729 e. The summed E-state index contributed by atoms with van der Waals surface area (Å²) in [5.74, 6) is 0.535. The van der Waals surface area contributed by atoms with Crippen molar-refractivity contribution in [3.8, 4) is 27.9 Å². The van der Waals surface area contributed by atoms with Crippen LogP contribution in [0.15, 0.2) is 200 Å². The molecule has 61 heavy (non-hydrogen) atoms. The molecule has 1 saturated carbocycles. The predicted octanol–water partition coefficient (Wildman–Crippen LogP) is 15.8. The molecule has 0 amide bonds. The highest BCUT2D eigenvalue weighted by Gasteiger charge is 2.51. The van der Waals surface area contributed by atoms with Crippen LogP contribution < -0.4 is 4.90 Å². The Balaban J connectivity index is 1.10. The summed E-state index contributed by atoms with van der Waals surface area (Å²) in [4.78, 5) is 2.48. The number of para-hydroxylation sites is 3. The minimum atomic E-state index is -0.491. The summed E-state index contributed by atoms with van der Waals surface area (Å²) in [6.07, 6.45) is 6.42. The molecule has 3 aliphatic carbocycles. The van der Waals surface area contributed by atoms with Gasteiger partial charge < -0.3 is 9.47 Å². The van der Waals surface area contributed by atoms with Crippen molar-refractivity contribution in [1.82, 2.24) is 4.57 Å². The Hall–Kier alpha value is -7.16. The second-order valence-corrected chi connectivity index (χ2v) is 17.4. The zero-order chi connectivity index (χ0) is 40.1. The molecular formula is C59H44N2. The van der Waals surface area contributed by atoms with E-state index in [0.29, 0.717) is 5.92 Å². The van der Waals surface area contributed by atoms with Crippen molar-refractivity contribution in [1.29, 1.82) is 0 Å². The third-order valence-electron chi connectivity index (χ3n) is 14.3. The van der Waals surface area contributed by atoms with Crippen LogP contribution in [0.25, 0.3) is 60.5 Å². The number of hydrogen-bond donors (Lipinski definition) is 0. The molecule has 0 N–H and O–H groups in total. The maximum atomic E-state index is 2.56. The van der Waals surface area contributed by atoms with E-state index in [0.717, 1.165) is 17.1 Å². The van der Waals surface area contributed by atoms with Gasteiger partial charge in [-0.3, -0.25) is 0 Å². The Kier molecular flexibility index (Phi) is 7.63. The van der Waals surface area contributed by atoms with Gasteiger partial charge in [0.25, 0.3) is 0 Å². The average Bonchev–Trinajstić information content (AvgIpc) is 3.81. The van der Waals surface area contributed by atoms with E-state index in [1.807, 2.05) is 0 Å². The van der Waals surface area contributed by atoms with Gasteiger partial charge in [-0.1, -0.05) is 159 Å². The lowest BCUT2D eigenvalue weighted by atomic mass is 9.59. The molecule has 0 saturated heterocycles. The second kappa shape index (κ2) is 13.4. The monoisotopic (exact) mass is 780 g/mol. The van der Waals surface area contributed by atoms with Gasteiger partial charge in [0.05, 0.1) is 16.4 Å². The van der Waals surface area contributed by atoms with Crippen LogP contribution in [0.3, 0.4) is 0 Å². The highest BCUT2D eigenvalue weighted by molar-refractivity contribution is 6.11. The van der Waals surface area contributed by atoms with Crippen LogP contribution in [0.5, 0.6) is 0 Å². The van der Waals surface area contributed by atoms with Crippen molar-refractivity contribution in [3.05, 3.63) is 228 Å². The van der Waals surface area contributed by atoms with Gasteiger partial charge >= 0.3 is 0 Å². The van der Waals surface area contributed by atoms with Crippen LogP contribution >= 0.6 is 0 Å². The SMILES string of the molecule is c1ccc(N(c2ccc3c(c2)C2(c4ccccc4-3)c3ccccc3-c3cccc4ccc(C5CCCCC5)c2c34)c2ccc3c(c2)c2ccccc2n3-c2ccccc2)cc1. The number of aromatic nitrogens is 1. The Morgan fingerprint density at radius 1 is 0.426 bits per heavy atom. The molecule has 0 aliphatic heterocycles. The van der Waals surface area contributed by atoms with Crippen LogP contribution in [0.4, 0.5) is 17.1 Å². The summed E-state index contributed by atoms with van der Waals surface area (Å²) in [5.41, 5.74) is 19.1. The van der Waals surface area contributed by atoms with Gasteiger partial charge in [-0.15, -0.1) is 0 Å². The molecule has 0 radical (unpaired) electrons.